The number of allylic oxidation sites excluding steroid dienone is 5. The first-order valence-electron chi connectivity index (χ1n) is 9.18. The number of amides is 1. The molecule has 8 nitrogen and oxygen atoms in total. The number of nitriles is 1. The van der Waals surface area contributed by atoms with Crippen molar-refractivity contribution in [1.29, 1.82) is 5.26 Å². The molecule has 0 bridgehead atoms. The summed E-state index contributed by atoms with van der Waals surface area (Å²) in [5, 5.41) is 19.9. The van der Waals surface area contributed by atoms with Crippen LogP contribution in [0.3, 0.4) is 0 Å². The molecule has 8 heteroatoms. The molecule has 0 aromatic heterocycles. The van der Waals surface area contributed by atoms with Crippen molar-refractivity contribution < 1.29 is 19.4 Å². The number of carbonyl (C=O) groups excluding carboxylic acids is 1. The van der Waals surface area contributed by atoms with Crippen LogP contribution in [0.1, 0.15) is 29.8 Å². The van der Waals surface area contributed by atoms with Gasteiger partial charge in [0.05, 0.1) is 30.9 Å². The lowest BCUT2D eigenvalue weighted by atomic mass is 9.84. The number of methoxy groups -OCH3 is 1. The second kappa shape index (κ2) is 9.31. The van der Waals surface area contributed by atoms with Gasteiger partial charge in [-0.1, -0.05) is 18.7 Å². The fraction of sp³-hybridized carbons (Fsp3) is 0.273. The Bertz CT molecular complexity index is 984. The minimum atomic E-state index is -0.719. The topological polar surface area (TPSA) is 135 Å². The number of primary amides is 1. The van der Waals surface area contributed by atoms with Gasteiger partial charge in [-0.15, -0.1) is 0 Å². The standard InChI is InChI=1S/C22H26N4O4/c1-5-16(17-7-6-15(12-26(17)25)22(2,3)13-23)14-10-18(29-4)20(21(24)28)19(11-14)30-9-8-27/h5-7,10-12,27H,1,8-9,25H2,2-4H3,(H2,24,28)/b17-16+. The van der Waals surface area contributed by atoms with Gasteiger partial charge < -0.3 is 20.3 Å². The number of hydrazine groups is 1. The molecule has 0 spiro atoms. The van der Waals surface area contributed by atoms with Crippen LogP contribution in [0.5, 0.6) is 11.5 Å². The van der Waals surface area contributed by atoms with Crippen LogP contribution >= 0.6 is 0 Å². The lowest BCUT2D eigenvalue weighted by Crippen LogP contribution is -2.29. The molecule has 1 aliphatic rings. The summed E-state index contributed by atoms with van der Waals surface area (Å²) >= 11 is 0. The van der Waals surface area contributed by atoms with Crippen LogP contribution in [0.15, 0.2) is 54.4 Å². The molecule has 1 heterocycles. The van der Waals surface area contributed by atoms with E-state index in [9.17, 15) is 10.1 Å². The average molecular weight is 410 g/mol. The zero-order chi connectivity index (χ0) is 22.5. The van der Waals surface area contributed by atoms with E-state index in [1.54, 1.807) is 44.3 Å². The number of hydrogen-bond acceptors (Lipinski definition) is 7. The van der Waals surface area contributed by atoms with Crippen LogP contribution in [0.4, 0.5) is 0 Å². The smallest absolute Gasteiger partial charge is 0.256 e. The van der Waals surface area contributed by atoms with Crippen molar-refractivity contribution in [2.75, 3.05) is 20.3 Å². The molecular weight excluding hydrogens is 384 g/mol. The molecule has 30 heavy (non-hydrogen) atoms. The van der Waals surface area contributed by atoms with Gasteiger partial charge in [-0.2, -0.15) is 5.26 Å². The number of nitrogens with two attached hydrogens (primary N) is 2. The predicted molar refractivity (Wildman–Crippen MR) is 114 cm³/mol. The number of aliphatic hydroxyl groups is 1. The highest BCUT2D eigenvalue weighted by Crippen LogP contribution is 2.37. The Labute approximate surface area is 175 Å². The molecule has 1 aromatic rings. The van der Waals surface area contributed by atoms with Gasteiger partial charge in [0.1, 0.15) is 23.7 Å². The normalized spacial score (nSPS) is 15.2. The molecule has 0 saturated carbocycles. The average Bonchev–Trinajstić information content (AvgIpc) is 2.72. The third-order valence-corrected chi connectivity index (χ3v) is 4.65. The van der Waals surface area contributed by atoms with Gasteiger partial charge in [-0.05, 0) is 43.2 Å². The maximum absolute atomic E-state index is 11.9. The van der Waals surface area contributed by atoms with Crippen LogP contribution in [0.25, 0.3) is 5.57 Å². The van der Waals surface area contributed by atoms with E-state index >= 15 is 0 Å². The van der Waals surface area contributed by atoms with E-state index < -0.39 is 11.3 Å². The van der Waals surface area contributed by atoms with Crippen LogP contribution in [0, 0.1) is 16.7 Å². The molecule has 1 aliphatic heterocycles. The number of ether oxygens (including phenoxy) is 2. The Morgan fingerprint density at radius 3 is 2.53 bits per heavy atom. The SMILES string of the molecule is C=C/C(=C1/C=CC(C(C)(C)C#N)=CN1N)c1cc(OC)c(C(N)=O)c(OCCO)c1. The fourth-order valence-electron chi connectivity index (χ4n) is 2.97. The third-order valence-electron chi connectivity index (χ3n) is 4.65. The van der Waals surface area contributed by atoms with Gasteiger partial charge in [-0.3, -0.25) is 9.80 Å². The third kappa shape index (κ3) is 4.54. The maximum atomic E-state index is 11.9. The Hall–Kier alpha value is -3.54. The van der Waals surface area contributed by atoms with E-state index in [0.717, 1.165) is 5.57 Å². The quantitative estimate of drug-likeness (QED) is 0.559. The number of aliphatic hydroxyl groups excluding tert-OH is 1. The van der Waals surface area contributed by atoms with E-state index in [4.69, 9.17) is 26.2 Å². The molecule has 0 saturated heterocycles. The monoisotopic (exact) mass is 410 g/mol. The molecule has 0 unspecified atom stereocenters. The van der Waals surface area contributed by atoms with Gasteiger partial charge in [0, 0.05) is 11.8 Å². The van der Waals surface area contributed by atoms with Crippen molar-refractivity contribution in [2.45, 2.75) is 13.8 Å². The minimum Gasteiger partial charge on any atom is -0.496 e. The first-order chi connectivity index (χ1) is 14.2. The summed E-state index contributed by atoms with van der Waals surface area (Å²) in [6.45, 7) is 7.23. The molecule has 158 valence electrons. The zero-order valence-electron chi connectivity index (χ0n) is 17.3. The van der Waals surface area contributed by atoms with Crippen molar-refractivity contribution >= 4 is 11.5 Å². The Morgan fingerprint density at radius 1 is 1.37 bits per heavy atom. The first-order valence-corrected chi connectivity index (χ1v) is 9.18. The number of benzene rings is 1. The molecule has 0 aliphatic carbocycles. The molecule has 5 N–H and O–H groups in total. The highest BCUT2D eigenvalue weighted by molar-refractivity contribution is 5.99. The summed E-state index contributed by atoms with van der Waals surface area (Å²) in [5.74, 6) is 5.90. The van der Waals surface area contributed by atoms with Gasteiger partial charge in [0.2, 0.25) is 0 Å². The molecule has 0 fully saturated rings. The lowest BCUT2D eigenvalue weighted by Gasteiger charge is -2.27. The van der Waals surface area contributed by atoms with Crippen molar-refractivity contribution in [1.82, 2.24) is 5.01 Å². The summed E-state index contributed by atoms with van der Waals surface area (Å²) < 4.78 is 10.9. The van der Waals surface area contributed by atoms with Gasteiger partial charge in [-0.25, -0.2) is 5.84 Å². The van der Waals surface area contributed by atoms with E-state index in [1.807, 2.05) is 6.08 Å². The number of carbonyl (C=O) groups is 1. The first kappa shape index (κ1) is 22.7. The highest BCUT2D eigenvalue weighted by atomic mass is 16.5. The summed E-state index contributed by atoms with van der Waals surface area (Å²) in [6, 6.07) is 5.49. The van der Waals surface area contributed by atoms with Crippen molar-refractivity contribution in [3.63, 3.8) is 0 Å². The molecule has 0 radical (unpaired) electrons. The second-order valence-electron chi connectivity index (χ2n) is 7.05. The predicted octanol–water partition coefficient (Wildman–Crippen LogP) is 2.24. The molecule has 0 atom stereocenters. The Kier molecular flexibility index (Phi) is 7.06. The van der Waals surface area contributed by atoms with E-state index in [1.165, 1.54) is 12.1 Å². The van der Waals surface area contributed by atoms with Crippen LogP contribution in [-0.2, 0) is 0 Å². The van der Waals surface area contributed by atoms with E-state index in [0.29, 0.717) is 16.8 Å². The summed E-state index contributed by atoms with van der Waals surface area (Å²) in [4.78, 5) is 11.9. The van der Waals surface area contributed by atoms with Crippen molar-refractivity contribution in [2.24, 2.45) is 17.0 Å². The Morgan fingerprint density at radius 2 is 2.03 bits per heavy atom. The highest BCUT2D eigenvalue weighted by Gasteiger charge is 2.25. The molecule has 2 rings (SSSR count). The van der Waals surface area contributed by atoms with Crippen molar-refractivity contribution in [3.05, 3.63) is 65.5 Å². The zero-order valence-corrected chi connectivity index (χ0v) is 17.3. The summed E-state index contributed by atoms with van der Waals surface area (Å²) in [5.41, 5.74) is 7.49. The Balaban J connectivity index is 2.64. The molecule has 1 amide bonds. The number of hydrogen-bond donors (Lipinski definition) is 3. The van der Waals surface area contributed by atoms with Crippen LogP contribution < -0.4 is 21.1 Å². The lowest BCUT2D eigenvalue weighted by molar-refractivity contribution is 0.0991. The van der Waals surface area contributed by atoms with E-state index in [2.05, 4.69) is 12.6 Å². The summed E-state index contributed by atoms with van der Waals surface area (Å²) in [6.07, 6.45) is 6.90. The van der Waals surface area contributed by atoms with Gasteiger partial charge in [0.25, 0.3) is 5.91 Å². The van der Waals surface area contributed by atoms with Gasteiger partial charge >= 0.3 is 0 Å². The molecule has 1 aromatic carbocycles. The largest absolute Gasteiger partial charge is 0.496 e. The maximum Gasteiger partial charge on any atom is 0.256 e. The minimum absolute atomic E-state index is 0.0227. The molecular formula is C22H26N4O4. The van der Waals surface area contributed by atoms with Crippen LogP contribution in [-0.4, -0.2) is 36.3 Å². The van der Waals surface area contributed by atoms with Crippen LogP contribution in [0.2, 0.25) is 0 Å². The van der Waals surface area contributed by atoms with E-state index in [-0.39, 0.29) is 30.3 Å². The van der Waals surface area contributed by atoms with Crippen molar-refractivity contribution in [3.8, 4) is 17.6 Å². The fourth-order valence-corrected chi connectivity index (χ4v) is 2.97. The number of nitrogens with zero attached hydrogens (tertiary/aromatic N) is 2. The van der Waals surface area contributed by atoms with Gasteiger partial charge in [0.15, 0.2) is 0 Å². The second-order valence-corrected chi connectivity index (χ2v) is 7.05. The number of rotatable bonds is 8. The summed E-state index contributed by atoms with van der Waals surface area (Å²) in [7, 11) is 1.41.